The second-order valence-electron chi connectivity index (χ2n) is 4.12. The highest BCUT2D eigenvalue weighted by atomic mass is 16.4. The van der Waals surface area contributed by atoms with E-state index in [4.69, 9.17) is 9.52 Å². The van der Waals surface area contributed by atoms with Crippen LogP contribution >= 0.6 is 0 Å². The molecule has 0 fully saturated rings. The minimum atomic E-state index is -0.851. The predicted molar refractivity (Wildman–Crippen MR) is 65.8 cm³/mol. The van der Waals surface area contributed by atoms with Crippen LogP contribution in [0.3, 0.4) is 0 Å². The van der Waals surface area contributed by atoms with E-state index in [1.807, 2.05) is 0 Å². The van der Waals surface area contributed by atoms with Gasteiger partial charge in [0.05, 0.1) is 11.9 Å². The average Bonchev–Trinajstić information content (AvgIpc) is 2.66. The summed E-state index contributed by atoms with van der Waals surface area (Å²) in [4.78, 5) is 24.4. The maximum atomic E-state index is 11.0. The topological polar surface area (TPSA) is 95.3 Å². The van der Waals surface area contributed by atoms with E-state index in [1.165, 1.54) is 0 Å². The second kappa shape index (κ2) is 5.05. The van der Waals surface area contributed by atoms with Gasteiger partial charge < -0.3 is 14.8 Å². The van der Waals surface area contributed by atoms with Crippen molar-refractivity contribution in [3.8, 4) is 0 Å². The molecule has 1 heterocycles. The van der Waals surface area contributed by atoms with Crippen molar-refractivity contribution in [3.63, 3.8) is 0 Å². The summed E-state index contributed by atoms with van der Waals surface area (Å²) in [5, 5.41) is 11.9. The summed E-state index contributed by atoms with van der Waals surface area (Å²) in [6, 6.07) is 5.21. The minimum Gasteiger partial charge on any atom is -0.481 e. The van der Waals surface area contributed by atoms with Crippen molar-refractivity contribution < 1.29 is 14.3 Å². The van der Waals surface area contributed by atoms with Crippen molar-refractivity contribution >= 4 is 17.1 Å². The van der Waals surface area contributed by atoms with Gasteiger partial charge in [0, 0.05) is 12.5 Å². The molecule has 0 radical (unpaired) electrons. The lowest BCUT2D eigenvalue weighted by Crippen LogP contribution is -2.19. The van der Waals surface area contributed by atoms with Gasteiger partial charge in [-0.1, -0.05) is 6.07 Å². The van der Waals surface area contributed by atoms with Gasteiger partial charge in [0.2, 0.25) is 0 Å². The van der Waals surface area contributed by atoms with Crippen molar-refractivity contribution in [3.05, 3.63) is 34.3 Å². The molecular weight excluding hydrogens is 236 g/mol. The summed E-state index contributed by atoms with van der Waals surface area (Å²) in [5.41, 5.74) is 1.92. The molecule has 0 aliphatic rings. The fourth-order valence-corrected chi connectivity index (χ4v) is 1.99. The Kier molecular flexibility index (Phi) is 3.47. The van der Waals surface area contributed by atoms with E-state index in [2.05, 4.69) is 10.3 Å². The van der Waals surface area contributed by atoms with E-state index in [-0.39, 0.29) is 12.3 Å². The standard InChI is InChI=1S/C12H14N2O4/c1-13-6-8(5-11(15)16)7-2-3-10-9(4-7)14-12(17)18-10/h2-4,8,13H,5-6H2,1H3,(H,14,17)(H,15,16). The third-order valence-electron chi connectivity index (χ3n) is 2.79. The van der Waals surface area contributed by atoms with Crippen LogP contribution in [0.1, 0.15) is 17.9 Å². The number of aromatic amines is 1. The van der Waals surface area contributed by atoms with Gasteiger partial charge in [-0.2, -0.15) is 0 Å². The lowest BCUT2D eigenvalue weighted by molar-refractivity contribution is -0.137. The molecular formula is C12H14N2O4. The molecule has 0 saturated heterocycles. The molecule has 3 N–H and O–H groups in total. The number of aromatic nitrogens is 1. The smallest absolute Gasteiger partial charge is 0.417 e. The largest absolute Gasteiger partial charge is 0.481 e. The van der Waals surface area contributed by atoms with E-state index >= 15 is 0 Å². The van der Waals surface area contributed by atoms with E-state index in [0.717, 1.165) is 5.56 Å². The number of benzene rings is 1. The summed E-state index contributed by atoms with van der Waals surface area (Å²) >= 11 is 0. The SMILES string of the molecule is CNCC(CC(=O)O)c1ccc2oc(=O)[nH]c2c1. The van der Waals surface area contributed by atoms with Gasteiger partial charge in [0.25, 0.3) is 0 Å². The maximum Gasteiger partial charge on any atom is 0.417 e. The first-order chi connectivity index (χ1) is 8.60. The van der Waals surface area contributed by atoms with Crippen LogP contribution < -0.4 is 11.1 Å². The van der Waals surface area contributed by atoms with Gasteiger partial charge >= 0.3 is 11.7 Å². The Morgan fingerprint density at radius 1 is 1.56 bits per heavy atom. The molecule has 2 aromatic rings. The summed E-state index contributed by atoms with van der Waals surface area (Å²) in [6.07, 6.45) is 0.0361. The second-order valence-corrected chi connectivity index (χ2v) is 4.12. The first kappa shape index (κ1) is 12.4. The lowest BCUT2D eigenvalue weighted by atomic mass is 9.95. The van der Waals surface area contributed by atoms with Crippen LogP contribution in [0.2, 0.25) is 0 Å². The van der Waals surface area contributed by atoms with Crippen LogP contribution in [0.5, 0.6) is 0 Å². The number of H-pyrrole nitrogens is 1. The highest BCUT2D eigenvalue weighted by Gasteiger charge is 2.16. The van der Waals surface area contributed by atoms with E-state index in [1.54, 1.807) is 25.2 Å². The zero-order chi connectivity index (χ0) is 13.1. The van der Waals surface area contributed by atoms with Crippen molar-refractivity contribution in [1.29, 1.82) is 0 Å². The molecule has 96 valence electrons. The van der Waals surface area contributed by atoms with Crippen molar-refractivity contribution in [2.45, 2.75) is 12.3 Å². The summed E-state index contributed by atoms with van der Waals surface area (Å²) in [5.74, 6) is -1.50. The van der Waals surface area contributed by atoms with Gasteiger partial charge in [-0.25, -0.2) is 4.79 Å². The Hall–Kier alpha value is -2.08. The molecule has 1 unspecified atom stereocenters. The Balaban J connectivity index is 2.36. The fraction of sp³-hybridized carbons (Fsp3) is 0.333. The fourth-order valence-electron chi connectivity index (χ4n) is 1.99. The molecule has 18 heavy (non-hydrogen) atoms. The van der Waals surface area contributed by atoms with Crippen LogP contribution in [-0.2, 0) is 4.79 Å². The number of likely N-dealkylation sites (N-methyl/N-ethyl adjacent to an activating group) is 1. The molecule has 0 aliphatic carbocycles. The minimum absolute atomic E-state index is 0.0361. The molecule has 1 atom stereocenters. The molecule has 0 spiro atoms. The first-order valence-electron chi connectivity index (χ1n) is 5.59. The average molecular weight is 250 g/mol. The van der Waals surface area contributed by atoms with E-state index in [9.17, 15) is 9.59 Å². The Bertz CT molecular complexity index is 614. The number of hydrogen-bond acceptors (Lipinski definition) is 4. The molecule has 0 amide bonds. The van der Waals surface area contributed by atoms with Crippen molar-refractivity contribution in [2.24, 2.45) is 0 Å². The number of hydrogen-bond donors (Lipinski definition) is 3. The normalized spacial score (nSPS) is 12.7. The molecule has 1 aromatic carbocycles. The van der Waals surface area contributed by atoms with Crippen molar-refractivity contribution in [1.82, 2.24) is 10.3 Å². The number of fused-ring (bicyclic) bond motifs is 1. The molecule has 6 heteroatoms. The summed E-state index contributed by atoms with van der Waals surface area (Å²) in [7, 11) is 1.77. The molecule has 0 bridgehead atoms. The van der Waals surface area contributed by atoms with Gasteiger partial charge in [-0.05, 0) is 24.7 Å². The first-order valence-corrected chi connectivity index (χ1v) is 5.59. The number of nitrogens with one attached hydrogen (secondary N) is 2. The Morgan fingerprint density at radius 2 is 2.33 bits per heavy atom. The van der Waals surface area contributed by atoms with Gasteiger partial charge in [0.15, 0.2) is 5.58 Å². The quantitative estimate of drug-likeness (QED) is 0.732. The van der Waals surface area contributed by atoms with Gasteiger partial charge in [-0.15, -0.1) is 0 Å². The molecule has 1 aromatic heterocycles. The molecule has 0 aliphatic heterocycles. The Labute approximate surface area is 103 Å². The van der Waals surface area contributed by atoms with Crippen LogP contribution in [0.4, 0.5) is 0 Å². The van der Waals surface area contributed by atoms with Crippen LogP contribution in [-0.4, -0.2) is 29.7 Å². The van der Waals surface area contributed by atoms with Crippen LogP contribution in [0.25, 0.3) is 11.1 Å². The number of carboxylic acid groups (broad SMARTS) is 1. The van der Waals surface area contributed by atoms with Gasteiger partial charge in [0.1, 0.15) is 0 Å². The predicted octanol–water partition coefficient (Wildman–Crippen LogP) is 0.899. The zero-order valence-corrected chi connectivity index (χ0v) is 9.90. The molecule has 6 nitrogen and oxygen atoms in total. The Morgan fingerprint density at radius 3 is 3.00 bits per heavy atom. The highest BCUT2D eigenvalue weighted by Crippen LogP contribution is 2.22. The van der Waals surface area contributed by atoms with Crippen molar-refractivity contribution in [2.75, 3.05) is 13.6 Å². The molecule has 2 rings (SSSR count). The summed E-state index contributed by atoms with van der Waals surface area (Å²) in [6.45, 7) is 0.555. The maximum absolute atomic E-state index is 11.0. The van der Waals surface area contributed by atoms with Crippen LogP contribution in [0.15, 0.2) is 27.4 Å². The highest BCUT2D eigenvalue weighted by molar-refractivity contribution is 5.74. The zero-order valence-electron chi connectivity index (χ0n) is 9.90. The van der Waals surface area contributed by atoms with Gasteiger partial charge in [-0.3, -0.25) is 9.78 Å². The third-order valence-corrected chi connectivity index (χ3v) is 2.79. The number of carboxylic acids is 1. The third kappa shape index (κ3) is 2.60. The van der Waals surface area contributed by atoms with E-state index < -0.39 is 11.7 Å². The summed E-state index contributed by atoms with van der Waals surface area (Å²) < 4.78 is 4.90. The lowest BCUT2D eigenvalue weighted by Gasteiger charge is -2.14. The van der Waals surface area contributed by atoms with Crippen LogP contribution in [0, 0.1) is 0 Å². The number of rotatable bonds is 5. The van der Waals surface area contributed by atoms with E-state index in [0.29, 0.717) is 17.6 Å². The molecule has 0 saturated carbocycles. The monoisotopic (exact) mass is 250 g/mol. The number of aliphatic carboxylic acids is 1. The number of carbonyl (C=O) groups is 1. The number of oxazole rings is 1.